The first-order chi connectivity index (χ1) is 10.6. The van der Waals surface area contributed by atoms with Crippen molar-refractivity contribution in [1.82, 2.24) is 20.5 Å². The molecule has 0 aliphatic heterocycles. The van der Waals surface area contributed by atoms with Gasteiger partial charge in [-0.25, -0.2) is 4.79 Å². The summed E-state index contributed by atoms with van der Waals surface area (Å²) in [5, 5.41) is 5.68. The summed E-state index contributed by atoms with van der Waals surface area (Å²) >= 11 is 0. The molecule has 2 rings (SSSR count). The topological polar surface area (TPSA) is 70.4 Å². The summed E-state index contributed by atoms with van der Waals surface area (Å²) < 4.78 is 5.41. The van der Waals surface area contributed by atoms with Gasteiger partial charge in [-0.2, -0.15) is 0 Å². The van der Waals surface area contributed by atoms with E-state index in [2.05, 4.69) is 15.6 Å². The number of pyridine rings is 1. The summed E-state index contributed by atoms with van der Waals surface area (Å²) in [6.07, 6.45) is 3.40. The zero-order chi connectivity index (χ0) is 15.9. The van der Waals surface area contributed by atoms with E-state index in [1.807, 2.05) is 50.2 Å². The molecule has 6 nitrogen and oxygen atoms in total. The van der Waals surface area contributed by atoms with E-state index in [-0.39, 0.29) is 12.1 Å². The average molecular weight is 302 g/mol. The summed E-state index contributed by atoms with van der Waals surface area (Å²) in [6, 6.07) is 7.42. The molecular weight excluding hydrogens is 280 g/mol. The molecule has 0 saturated carbocycles. The van der Waals surface area contributed by atoms with Gasteiger partial charge < -0.3 is 15.1 Å². The highest BCUT2D eigenvalue weighted by molar-refractivity contribution is 5.73. The van der Waals surface area contributed by atoms with Crippen molar-refractivity contribution < 1.29 is 9.21 Å². The fourth-order valence-corrected chi connectivity index (χ4v) is 2.06. The van der Waals surface area contributed by atoms with Gasteiger partial charge in [-0.15, -0.1) is 0 Å². The highest BCUT2D eigenvalue weighted by atomic mass is 16.3. The summed E-state index contributed by atoms with van der Waals surface area (Å²) in [7, 11) is 3.90. The van der Waals surface area contributed by atoms with E-state index in [1.54, 1.807) is 12.5 Å². The molecule has 0 unspecified atom stereocenters. The van der Waals surface area contributed by atoms with Crippen LogP contribution in [0.4, 0.5) is 4.79 Å². The molecule has 2 heterocycles. The van der Waals surface area contributed by atoms with E-state index in [4.69, 9.17) is 4.42 Å². The second-order valence-electron chi connectivity index (χ2n) is 5.37. The normalized spacial score (nSPS) is 12.2. The van der Waals surface area contributed by atoms with Crippen molar-refractivity contribution in [2.45, 2.75) is 19.5 Å². The number of nitrogens with zero attached hydrogens (tertiary/aromatic N) is 2. The minimum atomic E-state index is -0.209. The molecule has 0 aliphatic carbocycles. The standard InChI is InChI=1S/C16H22N4O2/c1-12-6-7-13(9-17-12)10-18-16(21)19-11-14(20(2)3)15-5-4-8-22-15/h4-9,14H,10-11H2,1-3H3,(H2,18,19,21)/t14-/m0/s1. The second-order valence-corrected chi connectivity index (χ2v) is 5.37. The van der Waals surface area contributed by atoms with Crippen LogP contribution in [0.5, 0.6) is 0 Å². The van der Waals surface area contributed by atoms with E-state index in [1.165, 1.54) is 0 Å². The molecule has 0 radical (unpaired) electrons. The van der Waals surface area contributed by atoms with Crippen LogP contribution in [0.2, 0.25) is 0 Å². The Morgan fingerprint density at radius 2 is 2.14 bits per heavy atom. The number of aryl methyl sites for hydroxylation is 1. The van der Waals surface area contributed by atoms with E-state index < -0.39 is 0 Å². The number of amides is 2. The van der Waals surface area contributed by atoms with Crippen LogP contribution in [0.15, 0.2) is 41.1 Å². The van der Waals surface area contributed by atoms with Crippen LogP contribution >= 0.6 is 0 Å². The molecule has 0 spiro atoms. The smallest absolute Gasteiger partial charge is 0.315 e. The van der Waals surface area contributed by atoms with Crippen molar-refractivity contribution in [1.29, 1.82) is 0 Å². The minimum Gasteiger partial charge on any atom is -0.468 e. The van der Waals surface area contributed by atoms with Crippen LogP contribution in [0.1, 0.15) is 23.1 Å². The van der Waals surface area contributed by atoms with Crippen LogP contribution in [-0.4, -0.2) is 36.6 Å². The number of hydrogen-bond acceptors (Lipinski definition) is 4. The lowest BCUT2D eigenvalue weighted by molar-refractivity contribution is 0.225. The van der Waals surface area contributed by atoms with Crippen LogP contribution in [0, 0.1) is 6.92 Å². The number of hydrogen-bond donors (Lipinski definition) is 2. The predicted octanol–water partition coefficient (Wildman–Crippen LogP) is 2.09. The van der Waals surface area contributed by atoms with Gasteiger partial charge in [0.25, 0.3) is 0 Å². The third-order valence-electron chi connectivity index (χ3n) is 3.38. The Labute approximate surface area is 130 Å². The molecule has 0 saturated heterocycles. The van der Waals surface area contributed by atoms with Crippen LogP contribution < -0.4 is 10.6 Å². The third-order valence-corrected chi connectivity index (χ3v) is 3.38. The van der Waals surface area contributed by atoms with Gasteiger partial charge >= 0.3 is 6.03 Å². The quantitative estimate of drug-likeness (QED) is 0.857. The Morgan fingerprint density at radius 1 is 1.32 bits per heavy atom. The largest absolute Gasteiger partial charge is 0.468 e. The number of urea groups is 1. The number of carbonyl (C=O) groups is 1. The first kappa shape index (κ1) is 16.0. The maximum Gasteiger partial charge on any atom is 0.315 e. The summed E-state index contributed by atoms with van der Waals surface area (Å²) in [4.78, 5) is 18.1. The first-order valence-corrected chi connectivity index (χ1v) is 7.19. The maximum atomic E-state index is 11.9. The Balaban J connectivity index is 1.80. The van der Waals surface area contributed by atoms with Crippen molar-refractivity contribution in [3.8, 4) is 0 Å². The fourth-order valence-electron chi connectivity index (χ4n) is 2.06. The summed E-state index contributed by atoms with van der Waals surface area (Å²) in [6.45, 7) is 2.85. The molecule has 2 N–H and O–H groups in total. The lowest BCUT2D eigenvalue weighted by atomic mass is 10.2. The monoisotopic (exact) mass is 302 g/mol. The predicted molar refractivity (Wildman–Crippen MR) is 84.3 cm³/mol. The average Bonchev–Trinajstić information content (AvgIpc) is 3.00. The van der Waals surface area contributed by atoms with E-state index in [0.29, 0.717) is 13.1 Å². The minimum absolute atomic E-state index is 0.00166. The fraction of sp³-hybridized carbons (Fsp3) is 0.375. The van der Waals surface area contributed by atoms with Gasteiger partial charge in [0.15, 0.2) is 0 Å². The number of carbonyl (C=O) groups excluding carboxylic acids is 1. The van der Waals surface area contributed by atoms with Gasteiger partial charge in [0.2, 0.25) is 0 Å². The van der Waals surface area contributed by atoms with Gasteiger partial charge in [0, 0.05) is 25.0 Å². The molecule has 22 heavy (non-hydrogen) atoms. The van der Waals surface area contributed by atoms with Gasteiger partial charge in [-0.3, -0.25) is 9.88 Å². The lowest BCUT2D eigenvalue weighted by Crippen LogP contribution is -2.40. The first-order valence-electron chi connectivity index (χ1n) is 7.19. The number of furan rings is 1. The lowest BCUT2D eigenvalue weighted by Gasteiger charge is -2.22. The van der Waals surface area contributed by atoms with E-state index in [9.17, 15) is 4.79 Å². The molecule has 1 atom stereocenters. The molecule has 2 aromatic heterocycles. The number of aromatic nitrogens is 1. The maximum absolute atomic E-state index is 11.9. The zero-order valence-electron chi connectivity index (χ0n) is 13.2. The van der Waals surface area contributed by atoms with Crippen LogP contribution in [-0.2, 0) is 6.54 Å². The van der Waals surface area contributed by atoms with Crippen molar-refractivity contribution in [3.05, 3.63) is 53.7 Å². The van der Waals surface area contributed by atoms with Gasteiger partial charge in [-0.1, -0.05) is 6.07 Å². The Kier molecular flexibility index (Phi) is 5.55. The highest BCUT2D eigenvalue weighted by Crippen LogP contribution is 2.17. The molecule has 0 aromatic carbocycles. The zero-order valence-corrected chi connectivity index (χ0v) is 13.2. The van der Waals surface area contributed by atoms with Crippen molar-refractivity contribution >= 4 is 6.03 Å². The highest BCUT2D eigenvalue weighted by Gasteiger charge is 2.17. The summed E-state index contributed by atoms with van der Waals surface area (Å²) in [5.41, 5.74) is 1.93. The molecule has 118 valence electrons. The molecule has 0 aliphatic rings. The molecule has 6 heteroatoms. The van der Waals surface area contributed by atoms with E-state index >= 15 is 0 Å². The van der Waals surface area contributed by atoms with Gasteiger partial charge in [0.05, 0.1) is 12.3 Å². The Morgan fingerprint density at radius 3 is 2.73 bits per heavy atom. The van der Waals surface area contributed by atoms with Crippen molar-refractivity contribution in [2.75, 3.05) is 20.6 Å². The molecule has 2 aromatic rings. The van der Waals surface area contributed by atoms with Crippen LogP contribution in [0.3, 0.4) is 0 Å². The molecule has 2 amide bonds. The van der Waals surface area contributed by atoms with Gasteiger partial charge in [-0.05, 0) is 44.8 Å². The van der Waals surface area contributed by atoms with E-state index in [0.717, 1.165) is 17.0 Å². The molecule has 0 fully saturated rings. The van der Waals surface area contributed by atoms with Crippen molar-refractivity contribution in [3.63, 3.8) is 0 Å². The Hall–Kier alpha value is -2.34. The third kappa shape index (κ3) is 4.60. The second kappa shape index (κ2) is 7.61. The summed E-state index contributed by atoms with van der Waals surface area (Å²) in [5.74, 6) is 0.827. The van der Waals surface area contributed by atoms with Gasteiger partial charge in [0.1, 0.15) is 5.76 Å². The molecule has 0 bridgehead atoms. The van der Waals surface area contributed by atoms with Crippen molar-refractivity contribution in [2.24, 2.45) is 0 Å². The van der Waals surface area contributed by atoms with Crippen LogP contribution in [0.25, 0.3) is 0 Å². The number of likely N-dealkylation sites (N-methyl/N-ethyl adjacent to an activating group) is 1. The number of nitrogens with one attached hydrogen (secondary N) is 2. The molecular formula is C16H22N4O2. The SMILES string of the molecule is Cc1ccc(CNC(=O)NC[C@@H](c2ccco2)N(C)C)cn1. The Bertz CT molecular complexity index is 579. The number of rotatable bonds is 6.